The van der Waals surface area contributed by atoms with E-state index in [0.717, 1.165) is 22.6 Å². The zero-order valence-corrected chi connectivity index (χ0v) is 11.9. The van der Waals surface area contributed by atoms with Crippen molar-refractivity contribution in [3.8, 4) is 6.07 Å². The topological polar surface area (TPSA) is 33.0 Å². The molecule has 0 heterocycles. The molecule has 0 aliphatic heterocycles. The summed E-state index contributed by atoms with van der Waals surface area (Å²) >= 11 is 5.84. The van der Waals surface area contributed by atoms with E-state index in [0.29, 0.717) is 19.6 Å². The Morgan fingerprint density at radius 3 is 2.15 bits per heavy atom. The highest BCUT2D eigenvalue weighted by molar-refractivity contribution is 6.30. The summed E-state index contributed by atoms with van der Waals surface area (Å²) in [6, 6.07) is 17.9. The molecule has 0 spiro atoms. The molecule has 0 unspecified atom stereocenters. The van der Waals surface area contributed by atoms with Gasteiger partial charge in [0.15, 0.2) is 0 Å². The molecular formula is C17H16ClNO. The van der Waals surface area contributed by atoms with E-state index in [1.165, 1.54) is 5.56 Å². The maximum Gasteiger partial charge on any atom is 0.0717 e. The number of nitriles is 1. The minimum Gasteiger partial charge on any atom is -0.376 e. The standard InChI is InChI=1S/C17H16ClNO/c18-17-7-5-15(6-8-17)10-12-20-13-16-3-1-14(2-4-16)9-11-19/h1-8H,9-10,12-13H2. The highest BCUT2D eigenvalue weighted by atomic mass is 35.5. The molecule has 0 saturated heterocycles. The van der Waals surface area contributed by atoms with Gasteiger partial charge in [-0.25, -0.2) is 0 Å². The van der Waals surface area contributed by atoms with Crippen LogP contribution in [0.25, 0.3) is 0 Å². The molecule has 0 radical (unpaired) electrons. The first-order chi connectivity index (χ1) is 9.78. The van der Waals surface area contributed by atoms with Crippen LogP contribution in [0.5, 0.6) is 0 Å². The highest BCUT2D eigenvalue weighted by Crippen LogP contribution is 2.10. The number of nitrogens with zero attached hydrogens (tertiary/aromatic N) is 1. The van der Waals surface area contributed by atoms with Crippen LogP contribution in [0, 0.1) is 11.3 Å². The molecule has 2 aromatic rings. The molecule has 102 valence electrons. The SMILES string of the molecule is N#CCc1ccc(COCCc2ccc(Cl)cc2)cc1. The normalized spacial score (nSPS) is 10.2. The summed E-state index contributed by atoms with van der Waals surface area (Å²) in [5.41, 5.74) is 3.39. The Morgan fingerprint density at radius 1 is 0.900 bits per heavy atom. The molecule has 0 aromatic heterocycles. The lowest BCUT2D eigenvalue weighted by Gasteiger charge is -2.05. The van der Waals surface area contributed by atoms with Crippen LogP contribution in [0.2, 0.25) is 5.02 Å². The van der Waals surface area contributed by atoms with Crippen molar-refractivity contribution in [2.24, 2.45) is 0 Å². The summed E-state index contributed by atoms with van der Waals surface area (Å²) in [7, 11) is 0. The fourth-order valence-corrected chi connectivity index (χ4v) is 2.00. The van der Waals surface area contributed by atoms with E-state index < -0.39 is 0 Å². The fourth-order valence-electron chi connectivity index (χ4n) is 1.88. The van der Waals surface area contributed by atoms with Crippen LogP contribution in [0.4, 0.5) is 0 Å². The van der Waals surface area contributed by atoms with Gasteiger partial charge < -0.3 is 4.74 Å². The summed E-state index contributed by atoms with van der Waals surface area (Å²) in [4.78, 5) is 0. The van der Waals surface area contributed by atoms with Crippen LogP contribution in [-0.2, 0) is 24.2 Å². The smallest absolute Gasteiger partial charge is 0.0717 e. The first-order valence-corrected chi connectivity index (χ1v) is 6.92. The average Bonchev–Trinajstić information content (AvgIpc) is 2.47. The lowest BCUT2D eigenvalue weighted by molar-refractivity contribution is 0.124. The van der Waals surface area contributed by atoms with E-state index in [-0.39, 0.29) is 0 Å². The van der Waals surface area contributed by atoms with Crippen LogP contribution in [0.1, 0.15) is 16.7 Å². The van der Waals surface area contributed by atoms with E-state index in [1.54, 1.807) is 0 Å². The highest BCUT2D eigenvalue weighted by Gasteiger charge is 1.97. The molecule has 2 rings (SSSR count). The Bertz CT molecular complexity index is 569. The van der Waals surface area contributed by atoms with Gasteiger partial charge in [-0.05, 0) is 35.2 Å². The predicted molar refractivity (Wildman–Crippen MR) is 80.6 cm³/mol. The lowest BCUT2D eigenvalue weighted by atomic mass is 10.1. The van der Waals surface area contributed by atoms with Crippen molar-refractivity contribution >= 4 is 11.6 Å². The third-order valence-electron chi connectivity index (χ3n) is 3.02. The maximum atomic E-state index is 8.60. The molecule has 0 aliphatic rings. The van der Waals surface area contributed by atoms with E-state index in [9.17, 15) is 0 Å². The van der Waals surface area contributed by atoms with Crippen molar-refractivity contribution in [3.63, 3.8) is 0 Å². The molecule has 0 bridgehead atoms. The summed E-state index contributed by atoms with van der Waals surface area (Å²) in [6.45, 7) is 1.28. The molecular weight excluding hydrogens is 270 g/mol. The van der Waals surface area contributed by atoms with Crippen LogP contribution in [0.3, 0.4) is 0 Å². The average molecular weight is 286 g/mol. The van der Waals surface area contributed by atoms with Crippen molar-refractivity contribution in [1.82, 2.24) is 0 Å². The summed E-state index contributed by atoms with van der Waals surface area (Å²) in [5, 5.41) is 9.36. The molecule has 0 aliphatic carbocycles. The summed E-state index contributed by atoms with van der Waals surface area (Å²) < 4.78 is 5.66. The molecule has 0 saturated carbocycles. The molecule has 20 heavy (non-hydrogen) atoms. The van der Waals surface area contributed by atoms with Gasteiger partial charge in [-0.3, -0.25) is 0 Å². The molecule has 0 amide bonds. The number of hydrogen-bond acceptors (Lipinski definition) is 2. The van der Waals surface area contributed by atoms with Gasteiger partial charge in [0.05, 0.1) is 25.7 Å². The Balaban J connectivity index is 1.73. The van der Waals surface area contributed by atoms with Crippen LogP contribution in [-0.4, -0.2) is 6.61 Å². The van der Waals surface area contributed by atoms with Gasteiger partial charge in [0.2, 0.25) is 0 Å². The number of rotatable bonds is 6. The second kappa shape index (κ2) is 7.69. The van der Waals surface area contributed by atoms with E-state index in [2.05, 4.69) is 6.07 Å². The van der Waals surface area contributed by atoms with Crippen molar-refractivity contribution in [2.75, 3.05) is 6.61 Å². The van der Waals surface area contributed by atoms with Gasteiger partial charge in [0.25, 0.3) is 0 Å². The van der Waals surface area contributed by atoms with Gasteiger partial charge >= 0.3 is 0 Å². The number of hydrogen-bond donors (Lipinski definition) is 0. The third kappa shape index (κ3) is 4.70. The van der Waals surface area contributed by atoms with Gasteiger partial charge in [0.1, 0.15) is 0 Å². The molecule has 0 atom stereocenters. The number of halogens is 1. The molecule has 0 fully saturated rings. The quantitative estimate of drug-likeness (QED) is 0.747. The van der Waals surface area contributed by atoms with Gasteiger partial charge in [-0.15, -0.1) is 0 Å². The van der Waals surface area contributed by atoms with E-state index in [4.69, 9.17) is 21.6 Å². The number of ether oxygens (including phenoxy) is 1. The first-order valence-electron chi connectivity index (χ1n) is 6.55. The van der Waals surface area contributed by atoms with Crippen molar-refractivity contribution in [2.45, 2.75) is 19.4 Å². The Labute approximate surface area is 124 Å². The van der Waals surface area contributed by atoms with Crippen LogP contribution >= 0.6 is 11.6 Å². The number of benzene rings is 2. The van der Waals surface area contributed by atoms with Gasteiger partial charge in [-0.2, -0.15) is 5.26 Å². The Morgan fingerprint density at radius 2 is 1.50 bits per heavy atom. The second-order valence-corrected chi connectivity index (χ2v) is 5.02. The third-order valence-corrected chi connectivity index (χ3v) is 3.28. The Kier molecular flexibility index (Phi) is 5.61. The largest absolute Gasteiger partial charge is 0.376 e. The van der Waals surface area contributed by atoms with E-state index >= 15 is 0 Å². The molecule has 3 heteroatoms. The van der Waals surface area contributed by atoms with Gasteiger partial charge in [0, 0.05) is 5.02 Å². The minimum absolute atomic E-state index is 0.456. The molecule has 0 N–H and O–H groups in total. The summed E-state index contributed by atoms with van der Waals surface area (Å²) in [6.07, 6.45) is 1.33. The molecule has 2 aromatic carbocycles. The molecule has 2 nitrogen and oxygen atoms in total. The Hall–Kier alpha value is -1.82. The van der Waals surface area contributed by atoms with Crippen molar-refractivity contribution < 1.29 is 4.74 Å². The zero-order valence-electron chi connectivity index (χ0n) is 11.2. The predicted octanol–water partition coefficient (Wildman–Crippen LogP) is 4.17. The van der Waals surface area contributed by atoms with Crippen molar-refractivity contribution in [3.05, 3.63) is 70.2 Å². The van der Waals surface area contributed by atoms with Crippen LogP contribution < -0.4 is 0 Å². The monoisotopic (exact) mass is 285 g/mol. The zero-order chi connectivity index (χ0) is 14.2. The van der Waals surface area contributed by atoms with E-state index in [1.807, 2.05) is 48.5 Å². The first kappa shape index (κ1) is 14.6. The van der Waals surface area contributed by atoms with Crippen LogP contribution in [0.15, 0.2) is 48.5 Å². The second-order valence-electron chi connectivity index (χ2n) is 4.58. The lowest BCUT2D eigenvalue weighted by Crippen LogP contribution is -1.99. The van der Waals surface area contributed by atoms with Gasteiger partial charge in [-0.1, -0.05) is 48.0 Å². The van der Waals surface area contributed by atoms with Crippen molar-refractivity contribution in [1.29, 1.82) is 5.26 Å². The fraction of sp³-hybridized carbons (Fsp3) is 0.235. The minimum atomic E-state index is 0.456. The maximum absolute atomic E-state index is 8.60. The summed E-state index contributed by atoms with van der Waals surface area (Å²) in [5.74, 6) is 0.